The highest BCUT2D eigenvalue weighted by atomic mass is 32.2. The maximum absolute atomic E-state index is 5.28. The standard InChI is InChI=1S/C18H18N4S2/c1-2-14-8-10-15(11-9-14)12-19-22-17(23)20-21-18(22)24-13-16-6-4-3-5-7-16/h3-12H,2,13H2,1H3,(H,20,23)/b19-12-. The Balaban J connectivity index is 1.74. The van der Waals surface area contributed by atoms with Crippen LogP contribution in [0.4, 0.5) is 0 Å². The Morgan fingerprint density at radius 1 is 1.12 bits per heavy atom. The summed E-state index contributed by atoms with van der Waals surface area (Å²) in [6, 6.07) is 18.6. The molecule has 0 aliphatic heterocycles. The summed E-state index contributed by atoms with van der Waals surface area (Å²) in [7, 11) is 0. The molecule has 0 atom stereocenters. The van der Waals surface area contributed by atoms with E-state index < -0.39 is 0 Å². The highest BCUT2D eigenvalue weighted by molar-refractivity contribution is 7.98. The molecule has 1 aromatic heterocycles. The zero-order valence-corrected chi connectivity index (χ0v) is 15.0. The Morgan fingerprint density at radius 3 is 2.58 bits per heavy atom. The number of H-pyrrole nitrogens is 1. The first-order valence-corrected chi connectivity index (χ1v) is 9.13. The van der Waals surface area contributed by atoms with Gasteiger partial charge in [0.1, 0.15) is 0 Å². The average Bonchev–Trinajstić information content (AvgIpc) is 2.99. The van der Waals surface area contributed by atoms with Gasteiger partial charge in [0.25, 0.3) is 0 Å². The van der Waals surface area contributed by atoms with Gasteiger partial charge in [0, 0.05) is 5.75 Å². The van der Waals surface area contributed by atoms with E-state index in [4.69, 9.17) is 12.2 Å². The van der Waals surface area contributed by atoms with Crippen LogP contribution >= 0.6 is 24.0 Å². The second-order valence-corrected chi connectivity index (χ2v) is 6.57. The third-order valence-electron chi connectivity index (χ3n) is 3.54. The lowest BCUT2D eigenvalue weighted by molar-refractivity contribution is 0.759. The molecule has 6 heteroatoms. The van der Waals surface area contributed by atoms with Crippen LogP contribution in [-0.4, -0.2) is 21.1 Å². The van der Waals surface area contributed by atoms with E-state index in [0.29, 0.717) is 4.77 Å². The van der Waals surface area contributed by atoms with E-state index in [1.165, 1.54) is 11.1 Å². The van der Waals surface area contributed by atoms with Crippen molar-refractivity contribution in [3.8, 4) is 0 Å². The SMILES string of the molecule is CCc1ccc(/C=N\n2c(SCc3ccccc3)n[nH]c2=S)cc1. The molecule has 0 saturated heterocycles. The fourth-order valence-corrected chi connectivity index (χ4v) is 3.25. The normalized spacial score (nSPS) is 11.2. The monoisotopic (exact) mass is 354 g/mol. The minimum atomic E-state index is 0.493. The van der Waals surface area contributed by atoms with Gasteiger partial charge >= 0.3 is 0 Å². The van der Waals surface area contributed by atoms with E-state index in [9.17, 15) is 0 Å². The van der Waals surface area contributed by atoms with Crippen LogP contribution in [0.5, 0.6) is 0 Å². The molecule has 1 heterocycles. The number of aromatic amines is 1. The molecule has 0 radical (unpaired) electrons. The summed E-state index contributed by atoms with van der Waals surface area (Å²) >= 11 is 6.88. The summed E-state index contributed by atoms with van der Waals surface area (Å²) in [5.41, 5.74) is 3.59. The second-order valence-electron chi connectivity index (χ2n) is 5.24. The predicted octanol–water partition coefficient (Wildman–Crippen LogP) is 4.68. The lowest BCUT2D eigenvalue weighted by atomic mass is 10.1. The summed E-state index contributed by atoms with van der Waals surface area (Å²) in [5.74, 6) is 0.821. The fourth-order valence-electron chi connectivity index (χ4n) is 2.16. The third kappa shape index (κ3) is 4.21. The minimum absolute atomic E-state index is 0.493. The van der Waals surface area contributed by atoms with Gasteiger partial charge in [-0.25, -0.2) is 5.10 Å². The summed E-state index contributed by atoms with van der Waals surface area (Å²) < 4.78 is 2.16. The first kappa shape index (κ1) is 16.7. The van der Waals surface area contributed by atoms with Crippen molar-refractivity contribution in [2.75, 3.05) is 0 Å². The van der Waals surface area contributed by atoms with Crippen molar-refractivity contribution in [1.82, 2.24) is 14.9 Å². The molecule has 3 rings (SSSR count). The molecule has 2 aromatic carbocycles. The van der Waals surface area contributed by atoms with Gasteiger partial charge in [0.05, 0.1) is 6.21 Å². The van der Waals surface area contributed by atoms with E-state index in [1.54, 1.807) is 22.7 Å². The van der Waals surface area contributed by atoms with Crippen molar-refractivity contribution in [2.24, 2.45) is 5.10 Å². The van der Waals surface area contributed by atoms with E-state index in [1.807, 2.05) is 18.2 Å². The Hall–Kier alpha value is -2.18. The van der Waals surface area contributed by atoms with Crippen molar-refractivity contribution in [3.63, 3.8) is 0 Å². The van der Waals surface area contributed by atoms with E-state index in [2.05, 4.69) is 58.6 Å². The molecule has 0 unspecified atom stereocenters. The van der Waals surface area contributed by atoms with Crippen molar-refractivity contribution in [3.05, 3.63) is 76.1 Å². The van der Waals surface area contributed by atoms with Gasteiger partial charge < -0.3 is 0 Å². The van der Waals surface area contributed by atoms with Crippen molar-refractivity contribution >= 4 is 30.2 Å². The van der Waals surface area contributed by atoms with Crippen LogP contribution in [0.15, 0.2) is 64.9 Å². The molecule has 4 nitrogen and oxygen atoms in total. The smallest absolute Gasteiger partial charge is 0.217 e. The zero-order valence-electron chi connectivity index (χ0n) is 13.3. The molecule has 0 fully saturated rings. The number of rotatable bonds is 6. The summed E-state index contributed by atoms with van der Waals surface area (Å²) in [5, 5.41) is 12.3. The van der Waals surface area contributed by atoms with Crippen LogP contribution < -0.4 is 0 Å². The molecule has 0 saturated carbocycles. The number of thioether (sulfide) groups is 1. The first-order chi connectivity index (χ1) is 11.8. The maximum Gasteiger partial charge on any atom is 0.217 e. The molecule has 0 aliphatic carbocycles. The van der Waals surface area contributed by atoms with Crippen LogP contribution in [0.1, 0.15) is 23.6 Å². The average molecular weight is 355 g/mol. The van der Waals surface area contributed by atoms with Gasteiger partial charge in [-0.05, 0) is 35.3 Å². The number of nitrogens with one attached hydrogen (secondary N) is 1. The topological polar surface area (TPSA) is 46.0 Å². The van der Waals surface area contributed by atoms with Crippen LogP contribution in [0.25, 0.3) is 0 Å². The summed E-state index contributed by atoms with van der Waals surface area (Å²) in [4.78, 5) is 0. The fraction of sp³-hybridized carbons (Fsp3) is 0.167. The van der Waals surface area contributed by atoms with Gasteiger partial charge in [0.15, 0.2) is 0 Å². The van der Waals surface area contributed by atoms with Gasteiger partial charge in [0.2, 0.25) is 9.93 Å². The van der Waals surface area contributed by atoms with Crippen LogP contribution in [0.2, 0.25) is 0 Å². The first-order valence-electron chi connectivity index (χ1n) is 7.73. The number of benzene rings is 2. The van der Waals surface area contributed by atoms with E-state index in [-0.39, 0.29) is 0 Å². The second kappa shape index (κ2) is 8.08. The van der Waals surface area contributed by atoms with Crippen molar-refractivity contribution in [1.29, 1.82) is 0 Å². The van der Waals surface area contributed by atoms with Gasteiger partial charge in [-0.2, -0.15) is 9.78 Å². The Kier molecular flexibility index (Phi) is 5.61. The highest BCUT2D eigenvalue weighted by Gasteiger charge is 2.06. The molecule has 122 valence electrons. The van der Waals surface area contributed by atoms with E-state index >= 15 is 0 Å². The maximum atomic E-state index is 5.28. The summed E-state index contributed by atoms with van der Waals surface area (Å²) in [6.07, 6.45) is 2.84. The molecular formula is C18H18N4S2. The minimum Gasteiger partial charge on any atom is -0.249 e. The molecule has 1 N–H and O–H groups in total. The van der Waals surface area contributed by atoms with Crippen molar-refractivity contribution < 1.29 is 0 Å². The Bertz CT molecular complexity index is 864. The quantitative estimate of drug-likeness (QED) is 0.397. The summed E-state index contributed by atoms with van der Waals surface area (Å²) in [6.45, 7) is 2.14. The molecule has 24 heavy (non-hydrogen) atoms. The van der Waals surface area contributed by atoms with Gasteiger partial charge in [-0.1, -0.05) is 73.3 Å². The zero-order chi connectivity index (χ0) is 16.8. The third-order valence-corrected chi connectivity index (χ3v) is 4.81. The number of hydrogen-bond donors (Lipinski definition) is 1. The number of hydrogen-bond acceptors (Lipinski definition) is 4. The number of nitrogens with zero attached hydrogens (tertiary/aromatic N) is 3. The van der Waals surface area contributed by atoms with Crippen LogP contribution in [0.3, 0.4) is 0 Å². The molecule has 0 amide bonds. The molecule has 3 aromatic rings. The lowest BCUT2D eigenvalue weighted by Crippen LogP contribution is -1.94. The Morgan fingerprint density at radius 2 is 1.88 bits per heavy atom. The van der Waals surface area contributed by atoms with Gasteiger partial charge in [-0.15, -0.1) is 5.10 Å². The van der Waals surface area contributed by atoms with Crippen LogP contribution in [0, 0.1) is 4.77 Å². The number of aryl methyl sites for hydroxylation is 1. The largest absolute Gasteiger partial charge is 0.249 e. The molecule has 0 spiro atoms. The van der Waals surface area contributed by atoms with Crippen molar-refractivity contribution in [2.45, 2.75) is 24.3 Å². The lowest BCUT2D eigenvalue weighted by Gasteiger charge is -2.01. The molecule has 0 bridgehead atoms. The van der Waals surface area contributed by atoms with Crippen LogP contribution in [-0.2, 0) is 12.2 Å². The van der Waals surface area contributed by atoms with Gasteiger partial charge in [-0.3, -0.25) is 0 Å². The highest BCUT2D eigenvalue weighted by Crippen LogP contribution is 2.20. The number of aromatic nitrogens is 3. The van der Waals surface area contributed by atoms with E-state index in [0.717, 1.165) is 22.9 Å². The molecular weight excluding hydrogens is 336 g/mol. The molecule has 0 aliphatic rings. The predicted molar refractivity (Wildman–Crippen MR) is 102 cm³/mol. The Labute approximate surface area is 150 Å².